The van der Waals surface area contributed by atoms with Crippen molar-refractivity contribution in [2.75, 3.05) is 34.7 Å². The third-order valence-corrected chi connectivity index (χ3v) is 12.7. The number of rotatable bonds is 17. The normalized spacial score (nSPS) is 18.6. The molecule has 20 heteroatoms. The minimum atomic E-state index is -5.30. The fraction of sp³-hybridized carbons (Fsp3) is 0.578. The molecule has 0 bridgehead atoms. The molecule has 2 aliphatic carbocycles. The first-order valence-electron chi connectivity index (χ1n) is 21.8. The molecule has 0 radical (unpaired) electrons. The molecule has 1 saturated heterocycles. The van der Waals surface area contributed by atoms with Gasteiger partial charge in [-0.25, -0.2) is 13.6 Å². The van der Waals surface area contributed by atoms with Crippen molar-refractivity contribution in [2.24, 2.45) is 5.92 Å². The van der Waals surface area contributed by atoms with E-state index >= 15 is 0 Å². The Labute approximate surface area is 374 Å². The molecule has 2 saturated carbocycles. The number of likely N-dealkylation sites (N-methyl/N-ethyl adjacent to an activating group) is 3. The van der Waals surface area contributed by atoms with Gasteiger partial charge in [0, 0.05) is 34.7 Å². The van der Waals surface area contributed by atoms with Gasteiger partial charge in [0.15, 0.2) is 0 Å². The molecule has 4 atom stereocenters. The van der Waals surface area contributed by atoms with Gasteiger partial charge in [0.1, 0.15) is 53.5 Å². The summed E-state index contributed by atoms with van der Waals surface area (Å²) in [5, 5.41) is 15.0. The van der Waals surface area contributed by atoms with Crippen LogP contribution >= 0.6 is 0 Å². The average Bonchev–Trinajstić information content (AvgIpc) is 4.06. The average molecular weight is 921 g/mol. The SMILES string of the molecule is CN(C)C(=O)[C@H](CC(=O)O)N(C)C(=O)[C@H](C1CCCC1)N(C)C(=O)C1(NC(=O)[C@@H]2CCCN2C(=O)[C@H](CCc2cc(F)c(C(F)(F)F)c(F)c2)NC(=O)OCc2ccccc2)CCCC1. The molecule has 1 heterocycles. The van der Waals surface area contributed by atoms with Crippen LogP contribution in [0.15, 0.2) is 42.5 Å². The van der Waals surface area contributed by atoms with Gasteiger partial charge in [-0.3, -0.25) is 28.8 Å². The zero-order chi connectivity index (χ0) is 47.8. The van der Waals surface area contributed by atoms with Crippen LogP contribution in [0, 0.1) is 17.6 Å². The molecule has 1 aliphatic heterocycles. The molecule has 356 valence electrons. The highest BCUT2D eigenvalue weighted by Crippen LogP contribution is 2.37. The fourth-order valence-electron chi connectivity index (χ4n) is 9.35. The smallest absolute Gasteiger partial charge is 0.422 e. The molecule has 3 fully saturated rings. The number of amides is 6. The number of halogens is 5. The van der Waals surface area contributed by atoms with E-state index < -0.39 is 101 Å². The van der Waals surface area contributed by atoms with Crippen molar-refractivity contribution in [1.29, 1.82) is 0 Å². The van der Waals surface area contributed by atoms with Crippen molar-refractivity contribution >= 4 is 41.6 Å². The Kier molecular flexibility index (Phi) is 16.6. The van der Waals surface area contributed by atoms with Crippen LogP contribution < -0.4 is 10.6 Å². The van der Waals surface area contributed by atoms with Crippen LogP contribution in [0.4, 0.5) is 26.7 Å². The van der Waals surface area contributed by atoms with Gasteiger partial charge in [-0.15, -0.1) is 0 Å². The van der Waals surface area contributed by atoms with Crippen LogP contribution in [0.25, 0.3) is 0 Å². The lowest BCUT2D eigenvalue weighted by Gasteiger charge is -2.41. The molecule has 6 amide bonds. The molecule has 0 unspecified atom stereocenters. The second kappa shape index (κ2) is 21.4. The predicted octanol–water partition coefficient (Wildman–Crippen LogP) is 5.04. The Bertz CT molecular complexity index is 2050. The first kappa shape index (κ1) is 50.2. The van der Waals surface area contributed by atoms with E-state index in [9.17, 15) is 60.6 Å². The lowest BCUT2D eigenvalue weighted by molar-refractivity contribution is -0.156. The number of hydrogen-bond donors (Lipinski definition) is 3. The largest absolute Gasteiger partial charge is 0.481 e. The number of alkyl halides is 3. The van der Waals surface area contributed by atoms with Crippen LogP contribution in [0.2, 0.25) is 0 Å². The number of carboxylic acids is 1. The van der Waals surface area contributed by atoms with Crippen molar-refractivity contribution in [3.63, 3.8) is 0 Å². The van der Waals surface area contributed by atoms with Crippen molar-refractivity contribution in [2.45, 2.75) is 126 Å². The summed E-state index contributed by atoms with van der Waals surface area (Å²) in [6.07, 6.45) is -3.06. The van der Waals surface area contributed by atoms with Crippen LogP contribution in [-0.4, -0.2) is 131 Å². The molecule has 5 rings (SSSR count). The summed E-state index contributed by atoms with van der Waals surface area (Å²) in [7, 11) is 5.67. The number of carbonyl (C=O) groups is 7. The molecular weight excluding hydrogens is 864 g/mol. The second-order valence-corrected chi connectivity index (χ2v) is 17.4. The summed E-state index contributed by atoms with van der Waals surface area (Å²) in [4.78, 5) is 101. The van der Waals surface area contributed by atoms with Crippen LogP contribution in [-0.2, 0) is 52.7 Å². The molecular formula is C45H57F5N6O9. The maximum atomic E-state index is 14.8. The molecule has 3 aliphatic rings. The number of likely N-dealkylation sites (tertiary alicyclic amines) is 1. The van der Waals surface area contributed by atoms with E-state index in [2.05, 4.69) is 10.6 Å². The van der Waals surface area contributed by atoms with E-state index in [1.165, 1.54) is 42.9 Å². The summed E-state index contributed by atoms with van der Waals surface area (Å²) in [6.45, 7) is -0.158. The minimum absolute atomic E-state index is 0.0340. The molecule has 0 spiro atoms. The first-order valence-corrected chi connectivity index (χ1v) is 21.8. The summed E-state index contributed by atoms with van der Waals surface area (Å²) in [5.74, 6) is -8.59. The van der Waals surface area contributed by atoms with Crippen LogP contribution in [0.1, 0.15) is 93.7 Å². The van der Waals surface area contributed by atoms with Gasteiger partial charge in [-0.1, -0.05) is 56.0 Å². The molecule has 3 N–H and O–H groups in total. The number of nitrogens with zero attached hydrogens (tertiary/aromatic N) is 4. The number of benzene rings is 2. The lowest BCUT2D eigenvalue weighted by Crippen LogP contribution is -2.65. The molecule has 2 aromatic carbocycles. The number of alkyl carbamates (subject to hydrolysis) is 1. The number of ether oxygens (including phenoxy) is 1. The van der Waals surface area contributed by atoms with E-state index in [0.29, 0.717) is 49.8 Å². The highest BCUT2D eigenvalue weighted by molar-refractivity contribution is 5.99. The number of aliphatic carboxylic acids is 1. The van der Waals surface area contributed by atoms with Crippen molar-refractivity contribution in [3.05, 3.63) is 70.8 Å². The van der Waals surface area contributed by atoms with Gasteiger partial charge in [0.2, 0.25) is 29.5 Å². The highest BCUT2D eigenvalue weighted by Gasteiger charge is 2.51. The van der Waals surface area contributed by atoms with E-state index in [0.717, 1.165) is 17.7 Å². The standard InChI is InChI=1S/C45H57F5N6O9/c1-53(2)40(61)34(25-35(57)58)54(3)41(62)37(29-15-8-9-16-29)55(4)42(63)44(20-10-11-21-44)52-38(59)33-17-12-22-56(33)39(60)32(51-43(64)65-26-27-13-6-5-7-14-27)19-18-28-23-30(46)36(31(47)24-28)45(48,49)50/h5-7,13-14,23-24,29,32-34,37H,8-12,15-22,25-26H2,1-4H3,(H,51,64)(H,52,59)(H,57,58)/t32-,33-,34-,37-/m0/s1. The molecule has 15 nitrogen and oxygen atoms in total. The molecule has 2 aromatic rings. The van der Waals surface area contributed by atoms with Crippen molar-refractivity contribution in [1.82, 2.24) is 30.2 Å². The van der Waals surface area contributed by atoms with Gasteiger partial charge in [0.25, 0.3) is 0 Å². The third-order valence-electron chi connectivity index (χ3n) is 12.7. The van der Waals surface area contributed by atoms with Gasteiger partial charge < -0.3 is 40.1 Å². The Balaban J connectivity index is 1.37. The topological polar surface area (TPSA) is 186 Å². The van der Waals surface area contributed by atoms with E-state index in [4.69, 9.17) is 4.74 Å². The first-order chi connectivity index (χ1) is 30.6. The van der Waals surface area contributed by atoms with Gasteiger partial charge in [0.05, 0.1) is 6.42 Å². The zero-order valence-corrected chi connectivity index (χ0v) is 36.9. The fourth-order valence-corrected chi connectivity index (χ4v) is 9.35. The Morgan fingerprint density at radius 1 is 0.846 bits per heavy atom. The summed E-state index contributed by atoms with van der Waals surface area (Å²) < 4.78 is 74.2. The number of hydrogen-bond acceptors (Lipinski definition) is 8. The minimum Gasteiger partial charge on any atom is -0.481 e. The summed E-state index contributed by atoms with van der Waals surface area (Å²) >= 11 is 0. The number of aryl methyl sites for hydroxylation is 1. The van der Waals surface area contributed by atoms with E-state index in [1.807, 2.05) is 0 Å². The van der Waals surface area contributed by atoms with Crippen molar-refractivity contribution in [3.8, 4) is 0 Å². The summed E-state index contributed by atoms with van der Waals surface area (Å²) in [5.41, 5.74) is -3.18. The predicted molar refractivity (Wildman–Crippen MR) is 223 cm³/mol. The Morgan fingerprint density at radius 2 is 1.46 bits per heavy atom. The second-order valence-electron chi connectivity index (χ2n) is 17.4. The number of carbonyl (C=O) groups excluding carboxylic acids is 6. The maximum absolute atomic E-state index is 14.8. The zero-order valence-electron chi connectivity index (χ0n) is 36.9. The maximum Gasteiger partial charge on any atom is 0.422 e. The summed E-state index contributed by atoms with van der Waals surface area (Å²) in [6, 6.07) is 4.48. The van der Waals surface area contributed by atoms with E-state index in [1.54, 1.807) is 30.3 Å². The van der Waals surface area contributed by atoms with Crippen molar-refractivity contribution < 1.29 is 65.4 Å². The van der Waals surface area contributed by atoms with E-state index in [-0.39, 0.29) is 56.7 Å². The molecule has 0 aromatic heterocycles. The highest BCUT2D eigenvalue weighted by atomic mass is 19.4. The quantitative estimate of drug-likeness (QED) is 0.183. The Hall–Kier alpha value is -5.82. The van der Waals surface area contributed by atoms with Gasteiger partial charge in [-0.2, -0.15) is 13.2 Å². The third kappa shape index (κ3) is 12.1. The number of nitrogens with one attached hydrogen (secondary N) is 2. The van der Waals surface area contributed by atoms with Gasteiger partial charge in [-0.05, 0) is 80.5 Å². The molecule has 65 heavy (non-hydrogen) atoms. The van der Waals surface area contributed by atoms with Crippen LogP contribution in [0.5, 0.6) is 0 Å². The van der Waals surface area contributed by atoms with Crippen LogP contribution in [0.3, 0.4) is 0 Å². The lowest BCUT2D eigenvalue weighted by atomic mass is 9.90. The van der Waals surface area contributed by atoms with Gasteiger partial charge >= 0.3 is 18.2 Å². The Morgan fingerprint density at radius 3 is 2.03 bits per heavy atom. The monoisotopic (exact) mass is 920 g/mol. The number of carboxylic acid groups (broad SMARTS) is 1.